The van der Waals surface area contributed by atoms with Crippen molar-refractivity contribution < 1.29 is 9.18 Å². The first kappa shape index (κ1) is 14.3. The number of likely N-dealkylation sites (N-methyl/N-ethyl adjacent to an activating group) is 1. The first-order valence-electron chi connectivity index (χ1n) is 6.72. The van der Waals surface area contributed by atoms with Crippen molar-refractivity contribution in [3.05, 3.63) is 65.5 Å². The number of benzene rings is 2. The fourth-order valence-electron chi connectivity index (χ4n) is 2.20. The summed E-state index contributed by atoms with van der Waals surface area (Å²) in [5.74, 6) is -0.427. The lowest BCUT2D eigenvalue weighted by Crippen LogP contribution is -2.32. The van der Waals surface area contributed by atoms with Crippen LogP contribution in [0.1, 0.15) is 18.1 Å². The van der Waals surface area contributed by atoms with Crippen LogP contribution in [0.5, 0.6) is 0 Å². The third-order valence-electron chi connectivity index (χ3n) is 3.23. The molecule has 20 heavy (non-hydrogen) atoms. The second kappa shape index (κ2) is 6.33. The van der Waals surface area contributed by atoms with Crippen molar-refractivity contribution in [3.63, 3.8) is 0 Å². The summed E-state index contributed by atoms with van der Waals surface area (Å²) in [7, 11) is 0. The van der Waals surface area contributed by atoms with Crippen LogP contribution in [0.4, 0.5) is 10.1 Å². The van der Waals surface area contributed by atoms with Crippen LogP contribution in [0.3, 0.4) is 0 Å². The Balaban J connectivity index is 2.20. The van der Waals surface area contributed by atoms with Gasteiger partial charge in [0.05, 0.1) is 6.42 Å². The molecule has 0 aliphatic rings. The molecule has 1 amide bonds. The highest BCUT2D eigenvalue weighted by atomic mass is 19.1. The van der Waals surface area contributed by atoms with Crippen LogP contribution < -0.4 is 4.90 Å². The first-order valence-corrected chi connectivity index (χ1v) is 6.72. The molecule has 0 radical (unpaired) electrons. The lowest BCUT2D eigenvalue weighted by molar-refractivity contribution is -0.118. The van der Waals surface area contributed by atoms with Crippen molar-refractivity contribution >= 4 is 11.6 Å². The van der Waals surface area contributed by atoms with Crippen LogP contribution >= 0.6 is 0 Å². The molecular formula is C17H18FNO. The molecule has 0 heterocycles. The van der Waals surface area contributed by atoms with Gasteiger partial charge in [-0.1, -0.05) is 30.3 Å². The SMILES string of the molecule is CCN(C(=O)Cc1ccccc1F)c1cccc(C)c1. The molecule has 0 aromatic heterocycles. The van der Waals surface area contributed by atoms with Crippen LogP contribution in [0.15, 0.2) is 48.5 Å². The first-order chi connectivity index (χ1) is 9.61. The summed E-state index contributed by atoms with van der Waals surface area (Å²) < 4.78 is 13.6. The molecule has 0 aliphatic carbocycles. The van der Waals surface area contributed by atoms with Crippen LogP contribution in [-0.4, -0.2) is 12.5 Å². The number of aryl methyl sites for hydroxylation is 1. The summed E-state index contributed by atoms with van der Waals surface area (Å²) in [6, 6.07) is 14.2. The Bertz CT molecular complexity index is 609. The van der Waals surface area contributed by atoms with Crippen molar-refractivity contribution in [2.24, 2.45) is 0 Å². The number of nitrogens with zero attached hydrogens (tertiary/aromatic N) is 1. The molecule has 2 aromatic carbocycles. The van der Waals surface area contributed by atoms with Gasteiger partial charge in [-0.2, -0.15) is 0 Å². The molecule has 2 nitrogen and oxygen atoms in total. The average Bonchev–Trinajstić information content (AvgIpc) is 2.42. The average molecular weight is 271 g/mol. The van der Waals surface area contributed by atoms with E-state index in [1.165, 1.54) is 6.07 Å². The zero-order valence-corrected chi connectivity index (χ0v) is 11.8. The summed E-state index contributed by atoms with van der Waals surface area (Å²) in [6.45, 7) is 4.47. The molecular weight excluding hydrogens is 253 g/mol. The molecule has 2 aromatic rings. The molecule has 0 saturated heterocycles. The monoisotopic (exact) mass is 271 g/mol. The van der Waals surface area contributed by atoms with Gasteiger partial charge in [-0.15, -0.1) is 0 Å². The number of rotatable bonds is 4. The van der Waals surface area contributed by atoms with Crippen molar-refractivity contribution in [2.45, 2.75) is 20.3 Å². The summed E-state index contributed by atoms with van der Waals surface area (Å²) in [5, 5.41) is 0. The number of hydrogen-bond donors (Lipinski definition) is 0. The topological polar surface area (TPSA) is 20.3 Å². The largest absolute Gasteiger partial charge is 0.312 e. The Kier molecular flexibility index (Phi) is 4.51. The number of hydrogen-bond acceptors (Lipinski definition) is 1. The number of carbonyl (C=O) groups is 1. The van der Waals surface area contributed by atoms with E-state index in [0.29, 0.717) is 12.1 Å². The number of halogens is 1. The highest BCUT2D eigenvalue weighted by molar-refractivity contribution is 5.94. The van der Waals surface area contributed by atoms with Crippen LogP contribution in [0.25, 0.3) is 0 Å². The van der Waals surface area contributed by atoms with Gasteiger partial charge >= 0.3 is 0 Å². The van der Waals surface area contributed by atoms with Crippen molar-refractivity contribution in [1.82, 2.24) is 0 Å². The van der Waals surface area contributed by atoms with E-state index in [0.717, 1.165) is 11.3 Å². The maximum absolute atomic E-state index is 13.6. The molecule has 2 rings (SSSR count). The molecule has 0 bridgehead atoms. The maximum atomic E-state index is 13.6. The Morgan fingerprint density at radius 1 is 1.15 bits per heavy atom. The highest BCUT2D eigenvalue weighted by Gasteiger charge is 2.16. The van der Waals surface area contributed by atoms with Gasteiger partial charge in [-0.05, 0) is 43.2 Å². The van der Waals surface area contributed by atoms with Gasteiger partial charge in [0, 0.05) is 12.2 Å². The van der Waals surface area contributed by atoms with Crippen LogP contribution in [0, 0.1) is 12.7 Å². The Morgan fingerprint density at radius 2 is 1.90 bits per heavy atom. The van der Waals surface area contributed by atoms with E-state index in [2.05, 4.69) is 0 Å². The maximum Gasteiger partial charge on any atom is 0.231 e. The van der Waals surface area contributed by atoms with E-state index in [4.69, 9.17) is 0 Å². The molecule has 0 spiro atoms. The fourth-order valence-corrected chi connectivity index (χ4v) is 2.20. The number of carbonyl (C=O) groups excluding carboxylic acids is 1. The molecule has 0 saturated carbocycles. The minimum Gasteiger partial charge on any atom is -0.312 e. The quantitative estimate of drug-likeness (QED) is 0.829. The summed E-state index contributed by atoms with van der Waals surface area (Å²) in [5.41, 5.74) is 2.39. The van der Waals surface area contributed by atoms with Gasteiger partial charge in [-0.25, -0.2) is 4.39 Å². The Labute approximate surface area is 118 Å². The fraction of sp³-hybridized carbons (Fsp3) is 0.235. The standard InChI is InChI=1S/C17H18FNO/c1-3-19(15-9-6-7-13(2)11-15)17(20)12-14-8-4-5-10-16(14)18/h4-11H,3,12H2,1-2H3. The minimum atomic E-state index is -0.332. The van der Waals surface area contributed by atoms with E-state index in [1.54, 1.807) is 23.1 Å². The molecule has 3 heteroatoms. The molecule has 0 unspecified atom stereocenters. The number of amides is 1. The van der Waals surface area contributed by atoms with Crippen molar-refractivity contribution in [3.8, 4) is 0 Å². The lowest BCUT2D eigenvalue weighted by atomic mass is 10.1. The van der Waals surface area contributed by atoms with Gasteiger partial charge in [0.2, 0.25) is 5.91 Å². The normalized spacial score (nSPS) is 10.3. The van der Waals surface area contributed by atoms with Gasteiger partial charge < -0.3 is 4.90 Å². The third-order valence-corrected chi connectivity index (χ3v) is 3.23. The molecule has 0 fully saturated rings. The minimum absolute atomic E-state index is 0.0778. The third kappa shape index (κ3) is 3.23. The number of anilines is 1. The molecule has 104 valence electrons. The van der Waals surface area contributed by atoms with Crippen molar-refractivity contribution in [1.29, 1.82) is 0 Å². The van der Waals surface area contributed by atoms with E-state index in [-0.39, 0.29) is 18.1 Å². The van der Waals surface area contributed by atoms with E-state index >= 15 is 0 Å². The lowest BCUT2D eigenvalue weighted by Gasteiger charge is -2.21. The zero-order chi connectivity index (χ0) is 14.5. The predicted molar refractivity (Wildman–Crippen MR) is 79.3 cm³/mol. The van der Waals surface area contributed by atoms with Gasteiger partial charge in [-0.3, -0.25) is 4.79 Å². The van der Waals surface area contributed by atoms with Crippen LogP contribution in [0.2, 0.25) is 0 Å². The second-order valence-electron chi connectivity index (χ2n) is 4.75. The van der Waals surface area contributed by atoms with Gasteiger partial charge in [0.15, 0.2) is 0 Å². The van der Waals surface area contributed by atoms with Gasteiger partial charge in [0.1, 0.15) is 5.82 Å². The van der Waals surface area contributed by atoms with E-state index in [9.17, 15) is 9.18 Å². The summed E-state index contributed by atoms with van der Waals surface area (Å²) in [6.07, 6.45) is 0.0778. The Morgan fingerprint density at radius 3 is 2.55 bits per heavy atom. The van der Waals surface area contributed by atoms with E-state index < -0.39 is 0 Å². The smallest absolute Gasteiger partial charge is 0.231 e. The summed E-state index contributed by atoms with van der Waals surface area (Å²) in [4.78, 5) is 14.0. The Hall–Kier alpha value is -2.16. The van der Waals surface area contributed by atoms with Crippen LogP contribution in [-0.2, 0) is 11.2 Å². The highest BCUT2D eigenvalue weighted by Crippen LogP contribution is 2.18. The molecule has 0 atom stereocenters. The van der Waals surface area contributed by atoms with Crippen molar-refractivity contribution in [2.75, 3.05) is 11.4 Å². The van der Waals surface area contributed by atoms with E-state index in [1.807, 2.05) is 38.1 Å². The molecule has 0 aliphatic heterocycles. The zero-order valence-electron chi connectivity index (χ0n) is 11.8. The predicted octanol–water partition coefficient (Wildman–Crippen LogP) is 3.73. The molecule has 0 N–H and O–H groups in total. The van der Waals surface area contributed by atoms with Gasteiger partial charge in [0.25, 0.3) is 0 Å². The summed E-state index contributed by atoms with van der Waals surface area (Å²) >= 11 is 0. The second-order valence-corrected chi connectivity index (χ2v) is 4.75.